The van der Waals surface area contributed by atoms with Crippen molar-refractivity contribution in [2.45, 2.75) is 17.7 Å². The SMILES string of the molecule is O=C(Nc1ccc(SCCN2CCCC2)cc1)c1ccc(F)c2occc12. The van der Waals surface area contributed by atoms with Gasteiger partial charge in [0.1, 0.15) is 0 Å². The summed E-state index contributed by atoms with van der Waals surface area (Å²) in [5.41, 5.74) is 1.21. The van der Waals surface area contributed by atoms with Crippen LogP contribution in [0.5, 0.6) is 0 Å². The standard InChI is InChI=1S/C21H21FN2O2S/c22-19-8-7-18(17-9-13-26-20(17)19)21(25)23-15-3-5-16(6-4-15)27-14-12-24-10-1-2-11-24/h3-9,13H,1-2,10-12,14H2,(H,23,25). The highest BCUT2D eigenvalue weighted by atomic mass is 32.2. The molecule has 1 N–H and O–H groups in total. The maximum absolute atomic E-state index is 13.7. The van der Waals surface area contributed by atoms with Crippen molar-refractivity contribution in [2.75, 3.05) is 30.7 Å². The van der Waals surface area contributed by atoms with E-state index in [2.05, 4.69) is 10.2 Å². The predicted octanol–water partition coefficient (Wildman–Crippen LogP) is 5.01. The molecule has 1 aliphatic rings. The average molecular weight is 384 g/mol. The van der Waals surface area contributed by atoms with Crippen molar-refractivity contribution in [1.82, 2.24) is 4.90 Å². The minimum absolute atomic E-state index is 0.104. The van der Waals surface area contributed by atoms with Gasteiger partial charge in [-0.05, 0) is 68.4 Å². The third-order valence-electron chi connectivity index (χ3n) is 4.80. The van der Waals surface area contributed by atoms with E-state index in [0.717, 1.165) is 12.3 Å². The third-order valence-corrected chi connectivity index (χ3v) is 5.79. The largest absolute Gasteiger partial charge is 0.461 e. The van der Waals surface area contributed by atoms with Gasteiger partial charge in [0.15, 0.2) is 11.4 Å². The normalized spacial score (nSPS) is 14.7. The molecule has 1 saturated heterocycles. The van der Waals surface area contributed by atoms with Gasteiger partial charge in [-0.2, -0.15) is 0 Å². The Morgan fingerprint density at radius 3 is 2.67 bits per heavy atom. The van der Waals surface area contributed by atoms with Gasteiger partial charge in [-0.1, -0.05) is 0 Å². The molecule has 4 nitrogen and oxygen atoms in total. The Morgan fingerprint density at radius 1 is 1.11 bits per heavy atom. The molecule has 0 radical (unpaired) electrons. The summed E-state index contributed by atoms with van der Waals surface area (Å²) in [6, 6.07) is 12.2. The van der Waals surface area contributed by atoms with Gasteiger partial charge in [-0.3, -0.25) is 4.79 Å². The number of carbonyl (C=O) groups excluding carboxylic acids is 1. The summed E-state index contributed by atoms with van der Waals surface area (Å²) >= 11 is 1.83. The summed E-state index contributed by atoms with van der Waals surface area (Å²) < 4.78 is 18.8. The van der Waals surface area contributed by atoms with Crippen LogP contribution in [0.15, 0.2) is 58.0 Å². The first kappa shape index (κ1) is 18.1. The van der Waals surface area contributed by atoms with E-state index in [1.807, 2.05) is 36.0 Å². The van der Waals surface area contributed by atoms with Gasteiger partial charge in [0.25, 0.3) is 5.91 Å². The Bertz CT molecular complexity index is 933. The van der Waals surface area contributed by atoms with Gasteiger partial charge in [0.05, 0.1) is 11.8 Å². The van der Waals surface area contributed by atoms with E-state index in [-0.39, 0.29) is 11.5 Å². The summed E-state index contributed by atoms with van der Waals surface area (Å²) in [4.78, 5) is 16.2. The second-order valence-corrected chi connectivity index (χ2v) is 7.80. The molecule has 0 spiro atoms. The first-order valence-corrected chi connectivity index (χ1v) is 10.1. The lowest BCUT2D eigenvalue weighted by Gasteiger charge is -2.13. The van der Waals surface area contributed by atoms with E-state index >= 15 is 0 Å². The molecule has 1 aliphatic heterocycles. The summed E-state index contributed by atoms with van der Waals surface area (Å²) in [6.07, 6.45) is 4.02. The number of thioether (sulfide) groups is 1. The predicted molar refractivity (Wildman–Crippen MR) is 107 cm³/mol. The Labute approximate surface area is 161 Å². The Kier molecular flexibility index (Phi) is 5.45. The van der Waals surface area contributed by atoms with E-state index in [1.165, 1.54) is 49.2 Å². The molecule has 1 fully saturated rings. The summed E-state index contributed by atoms with van der Waals surface area (Å²) in [7, 11) is 0. The fraction of sp³-hybridized carbons (Fsp3) is 0.286. The highest BCUT2D eigenvalue weighted by Crippen LogP contribution is 2.25. The Hall–Kier alpha value is -2.31. The number of hydrogen-bond donors (Lipinski definition) is 1. The molecule has 6 heteroatoms. The highest BCUT2D eigenvalue weighted by Gasteiger charge is 2.15. The lowest BCUT2D eigenvalue weighted by Crippen LogP contribution is -2.21. The fourth-order valence-electron chi connectivity index (χ4n) is 3.36. The molecule has 0 unspecified atom stereocenters. The zero-order valence-corrected chi connectivity index (χ0v) is 15.7. The molecule has 4 rings (SSSR count). The van der Waals surface area contributed by atoms with Crippen molar-refractivity contribution < 1.29 is 13.6 Å². The fourth-order valence-corrected chi connectivity index (χ4v) is 4.27. The minimum atomic E-state index is -0.471. The number of furan rings is 1. The maximum Gasteiger partial charge on any atom is 0.256 e. The number of rotatable bonds is 6. The Morgan fingerprint density at radius 2 is 1.89 bits per heavy atom. The number of anilines is 1. The van der Waals surface area contributed by atoms with Gasteiger partial charge >= 0.3 is 0 Å². The lowest BCUT2D eigenvalue weighted by molar-refractivity contribution is 0.102. The van der Waals surface area contributed by atoms with E-state index in [9.17, 15) is 9.18 Å². The van der Waals surface area contributed by atoms with Crippen molar-refractivity contribution in [3.63, 3.8) is 0 Å². The molecule has 1 amide bonds. The molecule has 3 aromatic rings. The van der Waals surface area contributed by atoms with Crippen LogP contribution in [0.1, 0.15) is 23.2 Å². The summed E-state index contributed by atoms with van der Waals surface area (Å²) in [6.45, 7) is 3.56. The van der Waals surface area contributed by atoms with Gasteiger partial charge in [0.2, 0.25) is 0 Å². The Balaban J connectivity index is 1.36. The topological polar surface area (TPSA) is 45.5 Å². The van der Waals surface area contributed by atoms with Crippen LogP contribution in [0.25, 0.3) is 11.0 Å². The smallest absolute Gasteiger partial charge is 0.256 e. The van der Waals surface area contributed by atoms with Gasteiger partial charge < -0.3 is 14.6 Å². The van der Waals surface area contributed by atoms with Crippen LogP contribution in [0, 0.1) is 5.82 Å². The van der Waals surface area contributed by atoms with E-state index < -0.39 is 5.82 Å². The quantitative estimate of drug-likeness (QED) is 0.607. The molecule has 0 bridgehead atoms. The van der Waals surface area contributed by atoms with Gasteiger partial charge in [-0.15, -0.1) is 11.8 Å². The summed E-state index contributed by atoms with van der Waals surface area (Å²) in [5.74, 6) is 0.317. The van der Waals surface area contributed by atoms with E-state index in [1.54, 1.807) is 6.07 Å². The molecular formula is C21H21FN2O2S. The monoisotopic (exact) mass is 384 g/mol. The number of fused-ring (bicyclic) bond motifs is 1. The summed E-state index contributed by atoms with van der Waals surface area (Å²) in [5, 5.41) is 3.34. The number of nitrogens with zero attached hydrogens (tertiary/aromatic N) is 1. The molecular weight excluding hydrogens is 363 g/mol. The molecule has 27 heavy (non-hydrogen) atoms. The lowest BCUT2D eigenvalue weighted by atomic mass is 10.1. The molecule has 0 atom stereocenters. The number of carbonyl (C=O) groups is 1. The molecule has 2 aromatic carbocycles. The molecule has 0 saturated carbocycles. The maximum atomic E-state index is 13.7. The van der Waals surface area contributed by atoms with Gasteiger partial charge in [0, 0.05) is 28.3 Å². The third kappa shape index (κ3) is 4.17. The second-order valence-electron chi connectivity index (χ2n) is 6.63. The van der Waals surface area contributed by atoms with Gasteiger partial charge in [-0.25, -0.2) is 4.39 Å². The molecule has 2 heterocycles. The van der Waals surface area contributed by atoms with Crippen LogP contribution in [0.3, 0.4) is 0 Å². The van der Waals surface area contributed by atoms with E-state index in [4.69, 9.17) is 4.42 Å². The molecule has 1 aromatic heterocycles. The molecule has 0 aliphatic carbocycles. The van der Waals surface area contributed by atoms with Crippen molar-refractivity contribution in [2.24, 2.45) is 0 Å². The van der Waals surface area contributed by atoms with E-state index in [0.29, 0.717) is 16.6 Å². The van der Waals surface area contributed by atoms with Crippen molar-refractivity contribution in [3.8, 4) is 0 Å². The van der Waals surface area contributed by atoms with Crippen LogP contribution >= 0.6 is 11.8 Å². The van der Waals surface area contributed by atoms with Crippen LogP contribution in [-0.4, -0.2) is 36.2 Å². The van der Waals surface area contributed by atoms with Crippen LogP contribution in [-0.2, 0) is 0 Å². The average Bonchev–Trinajstić information content (AvgIpc) is 3.35. The minimum Gasteiger partial charge on any atom is -0.461 e. The van der Waals surface area contributed by atoms with Crippen LogP contribution in [0.2, 0.25) is 0 Å². The number of hydrogen-bond acceptors (Lipinski definition) is 4. The number of halogens is 1. The zero-order valence-electron chi connectivity index (χ0n) is 14.9. The second kappa shape index (κ2) is 8.15. The zero-order chi connectivity index (χ0) is 18.6. The highest BCUT2D eigenvalue weighted by molar-refractivity contribution is 7.99. The van der Waals surface area contributed by atoms with Crippen LogP contribution in [0.4, 0.5) is 10.1 Å². The first-order chi connectivity index (χ1) is 13.2. The van der Waals surface area contributed by atoms with Crippen molar-refractivity contribution in [1.29, 1.82) is 0 Å². The van der Waals surface area contributed by atoms with Crippen molar-refractivity contribution in [3.05, 3.63) is 60.1 Å². The molecule has 140 valence electrons. The number of nitrogens with one attached hydrogen (secondary N) is 1. The van der Waals surface area contributed by atoms with Crippen molar-refractivity contribution >= 4 is 34.3 Å². The number of benzene rings is 2. The number of likely N-dealkylation sites (tertiary alicyclic amines) is 1. The first-order valence-electron chi connectivity index (χ1n) is 9.13. The van der Waals surface area contributed by atoms with Crippen LogP contribution < -0.4 is 5.32 Å². The number of amides is 1.